The summed E-state index contributed by atoms with van der Waals surface area (Å²) in [5.74, 6) is -0.930. The van der Waals surface area contributed by atoms with E-state index in [-0.39, 0.29) is 29.2 Å². The van der Waals surface area contributed by atoms with Gasteiger partial charge in [-0.25, -0.2) is 4.79 Å². The van der Waals surface area contributed by atoms with Crippen LogP contribution in [0.2, 0.25) is 0 Å². The molecule has 2 saturated heterocycles. The first kappa shape index (κ1) is 14.8. The van der Waals surface area contributed by atoms with Crippen LogP contribution in [0.5, 0.6) is 0 Å². The van der Waals surface area contributed by atoms with Crippen molar-refractivity contribution in [2.24, 2.45) is 5.73 Å². The van der Waals surface area contributed by atoms with Crippen molar-refractivity contribution in [2.75, 3.05) is 19.5 Å². The van der Waals surface area contributed by atoms with Crippen LogP contribution in [0, 0.1) is 0 Å². The Kier molecular flexibility index (Phi) is 3.73. The van der Waals surface area contributed by atoms with E-state index in [4.69, 9.17) is 20.3 Å². The first-order chi connectivity index (χ1) is 10.00. The number of aliphatic carboxylic acids is 1. The highest BCUT2D eigenvalue weighted by atomic mass is 32.2. The Balaban J connectivity index is 1.77. The van der Waals surface area contributed by atoms with Crippen LogP contribution in [0.15, 0.2) is 11.8 Å². The van der Waals surface area contributed by atoms with Crippen LogP contribution in [0.1, 0.15) is 12.8 Å². The minimum absolute atomic E-state index is 0.0243. The molecule has 3 N–H and O–H groups in total. The monoisotopic (exact) mass is 314 g/mol. The fourth-order valence-electron chi connectivity index (χ4n) is 3.19. The molecule has 0 aromatic carbocycles. The van der Waals surface area contributed by atoms with Gasteiger partial charge in [0.15, 0.2) is 5.54 Å². The van der Waals surface area contributed by atoms with E-state index in [0.29, 0.717) is 18.8 Å². The highest BCUT2D eigenvalue weighted by molar-refractivity contribution is 8.00. The number of ether oxygens (including phenoxy) is 2. The molecule has 0 radical (unpaired) electrons. The number of hydrogen-bond acceptors (Lipinski definition) is 6. The van der Waals surface area contributed by atoms with Crippen LogP contribution in [0.3, 0.4) is 0 Å². The molecule has 3 rings (SSSR count). The van der Waals surface area contributed by atoms with Crippen LogP contribution < -0.4 is 5.73 Å². The van der Waals surface area contributed by atoms with Crippen molar-refractivity contribution in [3.05, 3.63) is 11.8 Å². The molecule has 4 atom stereocenters. The van der Waals surface area contributed by atoms with Crippen molar-refractivity contribution < 1.29 is 24.2 Å². The lowest BCUT2D eigenvalue weighted by atomic mass is 9.81. The van der Waals surface area contributed by atoms with Crippen molar-refractivity contribution in [1.29, 1.82) is 0 Å². The van der Waals surface area contributed by atoms with E-state index < -0.39 is 11.5 Å². The molecule has 0 spiro atoms. The van der Waals surface area contributed by atoms with E-state index in [1.54, 1.807) is 13.2 Å². The molecule has 0 aliphatic carbocycles. The maximum atomic E-state index is 12.5. The van der Waals surface area contributed by atoms with E-state index in [1.165, 1.54) is 16.7 Å². The minimum atomic E-state index is -1.14. The fraction of sp³-hybridized carbons (Fsp3) is 0.692. The van der Waals surface area contributed by atoms with E-state index in [1.807, 2.05) is 0 Å². The highest BCUT2D eigenvalue weighted by Gasteiger charge is 2.66. The summed E-state index contributed by atoms with van der Waals surface area (Å²) >= 11 is 1.48. The maximum absolute atomic E-state index is 12.5. The normalized spacial score (nSPS) is 38.8. The van der Waals surface area contributed by atoms with Gasteiger partial charge in [-0.15, -0.1) is 11.8 Å². The van der Waals surface area contributed by atoms with Crippen LogP contribution in [-0.2, 0) is 19.1 Å². The summed E-state index contributed by atoms with van der Waals surface area (Å²) < 4.78 is 10.9. The quantitative estimate of drug-likeness (QED) is 0.691. The Labute approximate surface area is 126 Å². The highest BCUT2D eigenvalue weighted by Crippen LogP contribution is 2.47. The number of β-lactam (4-membered cyclic amide) rings is 1. The van der Waals surface area contributed by atoms with E-state index >= 15 is 0 Å². The predicted molar refractivity (Wildman–Crippen MR) is 75.5 cm³/mol. The van der Waals surface area contributed by atoms with Crippen molar-refractivity contribution >= 4 is 23.6 Å². The molecular formula is C13H18N2O5S. The number of nitrogens with two attached hydrogens (primary N) is 1. The van der Waals surface area contributed by atoms with Gasteiger partial charge in [0.05, 0.1) is 18.8 Å². The molecule has 0 saturated carbocycles. The average Bonchev–Trinajstić information content (AvgIpc) is 2.94. The first-order valence-electron chi connectivity index (χ1n) is 6.82. The number of nitrogens with zero attached hydrogens (tertiary/aromatic N) is 1. The number of methoxy groups -OCH3 is 1. The third-order valence-electron chi connectivity index (χ3n) is 4.23. The third-order valence-corrected chi connectivity index (χ3v) is 5.51. The van der Waals surface area contributed by atoms with Gasteiger partial charge in [-0.3, -0.25) is 9.69 Å². The van der Waals surface area contributed by atoms with Gasteiger partial charge in [-0.05, 0) is 18.9 Å². The van der Waals surface area contributed by atoms with Gasteiger partial charge in [0.1, 0.15) is 11.1 Å². The van der Waals surface area contributed by atoms with E-state index in [2.05, 4.69) is 0 Å². The van der Waals surface area contributed by atoms with Gasteiger partial charge in [0.25, 0.3) is 5.91 Å². The van der Waals surface area contributed by atoms with Crippen LogP contribution in [0.25, 0.3) is 0 Å². The zero-order chi connectivity index (χ0) is 15.2. The van der Waals surface area contributed by atoms with Gasteiger partial charge < -0.3 is 20.3 Å². The molecule has 116 valence electrons. The first-order valence-corrected chi connectivity index (χ1v) is 7.87. The van der Waals surface area contributed by atoms with Gasteiger partial charge in [-0.1, -0.05) is 0 Å². The second kappa shape index (κ2) is 5.28. The summed E-state index contributed by atoms with van der Waals surface area (Å²) in [7, 11) is 1.60. The van der Waals surface area contributed by atoms with Crippen molar-refractivity contribution in [3.63, 3.8) is 0 Å². The fourth-order valence-corrected chi connectivity index (χ4v) is 4.51. The molecule has 0 unspecified atom stereocenters. The maximum Gasteiger partial charge on any atom is 0.352 e. The van der Waals surface area contributed by atoms with Gasteiger partial charge in [-0.2, -0.15) is 0 Å². The smallest absolute Gasteiger partial charge is 0.352 e. The lowest BCUT2D eigenvalue weighted by molar-refractivity contribution is -0.164. The molecule has 3 aliphatic heterocycles. The van der Waals surface area contributed by atoms with Crippen LogP contribution in [0.4, 0.5) is 0 Å². The Morgan fingerprint density at radius 1 is 1.67 bits per heavy atom. The zero-order valence-electron chi connectivity index (χ0n) is 11.7. The number of carboxylic acids is 1. The minimum Gasteiger partial charge on any atom is -0.477 e. The Hall–Kier alpha value is -1.09. The number of carbonyl (C=O) groups is 2. The third kappa shape index (κ3) is 2.09. The number of hydrogen-bond donors (Lipinski definition) is 2. The Morgan fingerprint density at radius 3 is 3.10 bits per heavy atom. The van der Waals surface area contributed by atoms with E-state index in [0.717, 1.165) is 6.42 Å². The largest absolute Gasteiger partial charge is 0.477 e. The average molecular weight is 314 g/mol. The SMILES string of the molecule is COC[C@@H]1CC[C@H]([C@@]2(N)C(=O)N3C(C(=O)O)=CCS[C@@H]32)O1. The summed E-state index contributed by atoms with van der Waals surface area (Å²) in [6.45, 7) is 0.475. The summed E-state index contributed by atoms with van der Waals surface area (Å²) in [6, 6.07) is 0. The van der Waals surface area contributed by atoms with Gasteiger partial charge >= 0.3 is 5.97 Å². The Morgan fingerprint density at radius 2 is 2.43 bits per heavy atom. The van der Waals surface area contributed by atoms with Crippen LogP contribution in [-0.4, -0.2) is 64.5 Å². The topological polar surface area (TPSA) is 102 Å². The second-order valence-corrected chi connectivity index (χ2v) is 6.58. The van der Waals surface area contributed by atoms with Crippen molar-refractivity contribution in [2.45, 2.75) is 36.0 Å². The summed E-state index contributed by atoms with van der Waals surface area (Å²) in [4.78, 5) is 24.9. The Bertz CT molecular complexity index is 511. The van der Waals surface area contributed by atoms with Gasteiger partial charge in [0.2, 0.25) is 0 Å². The summed E-state index contributed by atoms with van der Waals surface area (Å²) in [6.07, 6.45) is 2.60. The lowest BCUT2D eigenvalue weighted by Gasteiger charge is -2.56. The van der Waals surface area contributed by atoms with Gasteiger partial charge in [0, 0.05) is 12.9 Å². The molecule has 7 nitrogen and oxygen atoms in total. The number of thioether (sulfide) groups is 1. The number of fused-ring (bicyclic) bond motifs is 1. The number of rotatable bonds is 4. The van der Waals surface area contributed by atoms with E-state index in [9.17, 15) is 9.59 Å². The molecule has 3 heterocycles. The molecule has 0 bridgehead atoms. The molecule has 0 aromatic heterocycles. The number of carbonyl (C=O) groups excluding carboxylic acids is 1. The molecule has 21 heavy (non-hydrogen) atoms. The molecule has 2 fully saturated rings. The molecule has 3 aliphatic rings. The molecule has 0 aromatic rings. The number of amides is 1. The zero-order valence-corrected chi connectivity index (χ0v) is 12.5. The van der Waals surface area contributed by atoms with Crippen molar-refractivity contribution in [3.8, 4) is 0 Å². The molecular weight excluding hydrogens is 296 g/mol. The standard InChI is InChI=1S/C13H18N2O5S/c1-19-6-7-2-3-9(20-7)13(14)11(18)15-8(10(16)17)4-5-21-12(13)15/h4,7,9,12H,2-3,5-6,14H2,1H3,(H,16,17)/t7-,9+,12+,13+/m0/s1. The van der Waals surface area contributed by atoms with Crippen molar-refractivity contribution in [1.82, 2.24) is 4.90 Å². The summed E-state index contributed by atoms with van der Waals surface area (Å²) in [5.41, 5.74) is 5.22. The predicted octanol–water partition coefficient (Wildman–Crippen LogP) is -0.238. The number of carboxylic acid groups (broad SMARTS) is 1. The summed E-state index contributed by atoms with van der Waals surface area (Å²) in [5, 5.41) is 8.80. The van der Waals surface area contributed by atoms with Crippen LogP contribution >= 0.6 is 11.8 Å². The molecule has 8 heteroatoms. The lowest BCUT2D eigenvalue weighted by Crippen LogP contribution is -2.81. The second-order valence-electron chi connectivity index (χ2n) is 5.47. The molecule has 1 amide bonds.